The third-order valence-corrected chi connectivity index (χ3v) is 3.60. The Morgan fingerprint density at radius 2 is 2.00 bits per heavy atom. The van der Waals surface area contributed by atoms with Gasteiger partial charge in [0.15, 0.2) is 0 Å². The highest BCUT2D eigenvalue weighted by Gasteiger charge is 2.20. The van der Waals surface area contributed by atoms with Crippen LogP contribution in [0, 0.1) is 0 Å². The van der Waals surface area contributed by atoms with Gasteiger partial charge in [-0.1, -0.05) is 36.4 Å². The normalized spacial score (nSPS) is 13.9. The maximum atomic E-state index is 11.0. The number of hydrogen-bond donors (Lipinski definition) is 1. The van der Waals surface area contributed by atoms with Gasteiger partial charge < -0.3 is 10.0 Å². The van der Waals surface area contributed by atoms with Gasteiger partial charge in [-0.2, -0.15) is 0 Å². The van der Waals surface area contributed by atoms with Gasteiger partial charge in [-0.05, 0) is 17.2 Å². The fourth-order valence-corrected chi connectivity index (χ4v) is 2.53. The van der Waals surface area contributed by atoms with Gasteiger partial charge in [-0.25, -0.2) is 4.79 Å². The SMILES string of the molecule is O=C(O)N1CCc2nc(Cc3ccccc3)ccc2C1. The van der Waals surface area contributed by atoms with Crippen molar-refractivity contribution in [3.05, 3.63) is 65.0 Å². The van der Waals surface area contributed by atoms with Gasteiger partial charge >= 0.3 is 6.09 Å². The fourth-order valence-electron chi connectivity index (χ4n) is 2.53. The number of fused-ring (bicyclic) bond motifs is 1. The van der Waals surface area contributed by atoms with Crippen LogP contribution >= 0.6 is 0 Å². The van der Waals surface area contributed by atoms with Crippen molar-refractivity contribution < 1.29 is 9.90 Å². The van der Waals surface area contributed by atoms with Gasteiger partial charge in [0.25, 0.3) is 0 Å². The van der Waals surface area contributed by atoms with Gasteiger partial charge in [0.2, 0.25) is 0 Å². The van der Waals surface area contributed by atoms with Crippen molar-refractivity contribution in [2.24, 2.45) is 0 Å². The number of carboxylic acid groups (broad SMARTS) is 1. The smallest absolute Gasteiger partial charge is 0.407 e. The van der Waals surface area contributed by atoms with Crippen molar-refractivity contribution in [1.29, 1.82) is 0 Å². The van der Waals surface area contributed by atoms with Crippen LogP contribution < -0.4 is 0 Å². The number of hydrogen-bond acceptors (Lipinski definition) is 2. The molecule has 2 aromatic rings. The van der Waals surface area contributed by atoms with Gasteiger partial charge in [-0.3, -0.25) is 4.98 Å². The van der Waals surface area contributed by atoms with Crippen LogP contribution in [0.2, 0.25) is 0 Å². The van der Waals surface area contributed by atoms with Crippen LogP contribution in [0.25, 0.3) is 0 Å². The van der Waals surface area contributed by atoms with Crippen LogP contribution in [0.5, 0.6) is 0 Å². The molecule has 1 N–H and O–H groups in total. The molecule has 0 atom stereocenters. The molecule has 0 saturated heterocycles. The molecule has 0 spiro atoms. The van der Waals surface area contributed by atoms with Crippen LogP contribution in [-0.2, 0) is 19.4 Å². The summed E-state index contributed by atoms with van der Waals surface area (Å²) in [7, 11) is 0. The molecule has 3 rings (SSSR count). The van der Waals surface area contributed by atoms with Gasteiger partial charge in [0.05, 0.1) is 6.54 Å². The van der Waals surface area contributed by atoms with Crippen LogP contribution in [0.15, 0.2) is 42.5 Å². The summed E-state index contributed by atoms with van der Waals surface area (Å²) in [6, 6.07) is 14.2. The highest BCUT2D eigenvalue weighted by molar-refractivity contribution is 5.65. The van der Waals surface area contributed by atoms with Crippen molar-refractivity contribution in [3.63, 3.8) is 0 Å². The molecule has 0 bridgehead atoms. The minimum absolute atomic E-state index is 0.448. The molecule has 1 aliphatic heterocycles. The average Bonchev–Trinajstić information content (AvgIpc) is 2.47. The minimum Gasteiger partial charge on any atom is -0.465 e. The van der Waals surface area contributed by atoms with E-state index >= 15 is 0 Å². The number of nitrogens with zero attached hydrogens (tertiary/aromatic N) is 2. The lowest BCUT2D eigenvalue weighted by Gasteiger charge is -2.25. The Kier molecular flexibility index (Phi) is 3.37. The summed E-state index contributed by atoms with van der Waals surface area (Å²) in [4.78, 5) is 17.1. The Morgan fingerprint density at radius 3 is 2.75 bits per heavy atom. The van der Waals surface area contributed by atoms with Gasteiger partial charge in [-0.15, -0.1) is 0 Å². The number of aromatic nitrogens is 1. The van der Waals surface area contributed by atoms with E-state index in [0.29, 0.717) is 19.5 Å². The topological polar surface area (TPSA) is 53.4 Å². The summed E-state index contributed by atoms with van der Waals surface area (Å²) in [6.07, 6.45) is 0.658. The molecule has 0 aliphatic carbocycles. The molecule has 1 amide bonds. The predicted molar refractivity (Wildman–Crippen MR) is 75.6 cm³/mol. The lowest BCUT2D eigenvalue weighted by molar-refractivity contribution is 0.139. The van der Waals surface area contributed by atoms with Gasteiger partial charge in [0, 0.05) is 30.8 Å². The minimum atomic E-state index is -0.857. The molecule has 20 heavy (non-hydrogen) atoms. The fraction of sp³-hybridized carbons (Fsp3) is 0.250. The maximum absolute atomic E-state index is 11.0. The van der Waals surface area contributed by atoms with Gasteiger partial charge in [0.1, 0.15) is 0 Å². The Morgan fingerprint density at radius 1 is 1.20 bits per heavy atom. The summed E-state index contributed by atoms with van der Waals surface area (Å²) in [5.41, 5.74) is 4.34. The van der Waals surface area contributed by atoms with Crippen molar-refractivity contribution in [1.82, 2.24) is 9.88 Å². The van der Waals surface area contributed by atoms with E-state index in [1.165, 1.54) is 10.5 Å². The molecule has 1 aromatic heterocycles. The Labute approximate surface area is 117 Å². The van der Waals surface area contributed by atoms with Crippen LogP contribution in [0.1, 0.15) is 22.5 Å². The molecule has 4 nitrogen and oxygen atoms in total. The first-order valence-electron chi connectivity index (χ1n) is 6.72. The van der Waals surface area contributed by atoms with E-state index in [2.05, 4.69) is 17.1 Å². The molecular formula is C16H16N2O2. The van der Waals surface area contributed by atoms with E-state index in [0.717, 1.165) is 23.4 Å². The Balaban J connectivity index is 1.79. The van der Waals surface area contributed by atoms with E-state index in [-0.39, 0.29) is 0 Å². The maximum Gasteiger partial charge on any atom is 0.407 e. The second-order valence-electron chi connectivity index (χ2n) is 5.02. The molecule has 102 valence electrons. The van der Waals surface area contributed by atoms with E-state index < -0.39 is 6.09 Å². The number of pyridine rings is 1. The number of carbonyl (C=O) groups is 1. The molecule has 1 aromatic carbocycles. The molecule has 2 heterocycles. The van der Waals surface area contributed by atoms with Crippen molar-refractivity contribution in [2.75, 3.05) is 6.54 Å². The predicted octanol–water partition coefficient (Wildman–Crippen LogP) is 2.71. The monoisotopic (exact) mass is 268 g/mol. The summed E-state index contributed by atoms with van der Waals surface area (Å²) in [5.74, 6) is 0. The first-order chi connectivity index (χ1) is 9.72. The Hall–Kier alpha value is -2.36. The highest BCUT2D eigenvalue weighted by Crippen LogP contribution is 2.19. The summed E-state index contributed by atoms with van der Waals surface area (Å²) in [6.45, 7) is 0.980. The van der Waals surface area contributed by atoms with E-state index in [1.807, 2.05) is 30.3 Å². The molecule has 0 fully saturated rings. The molecule has 0 unspecified atom stereocenters. The summed E-state index contributed by atoms with van der Waals surface area (Å²) in [5, 5.41) is 9.02. The second-order valence-corrected chi connectivity index (χ2v) is 5.02. The molecule has 0 saturated carbocycles. The zero-order chi connectivity index (χ0) is 13.9. The molecule has 0 radical (unpaired) electrons. The standard InChI is InChI=1S/C16H16N2O2/c19-16(20)18-9-8-15-13(11-18)6-7-14(17-15)10-12-4-2-1-3-5-12/h1-7H,8-11H2,(H,19,20). The Bertz CT molecular complexity index is 626. The van der Waals surface area contributed by atoms with E-state index in [4.69, 9.17) is 5.11 Å². The molecule has 1 aliphatic rings. The third-order valence-electron chi connectivity index (χ3n) is 3.60. The van der Waals surface area contributed by atoms with Crippen LogP contribution in [-0.4, -0.2) is 27.6 Å². The second kappa shape index (κ2) is 5.33. The lowest BCUT2D eigenvalue weighted by atomic mass is 10.0. The molecule has 4 heteroatoms. The first-order valence-corrected chi connectivity index (χ1v) is 6.72. The summed E-state index contributed by atoms with van der Waals surface area (Å²) >= 11 is 0. The van der Waals surface area contributed by atoms with Crippen molar-refractivity contribution in [3.8, 4) is 0 Å². The van der Waals surface area contributed by atoms with E-state index in [1.54, 1.807) is 0 Å². The third kappa shape index (κ3) is 2.64. The quantitative estimate of drug-likeness (QED) is 0.911. The largest absolute Gasteiger partial charge is 0.465 e. The first kappa shape index (κ1) is 12.7. The lowest BCUT2D eigenvalue weighted by Crippen LogP contribution is -2.35. The van der Waals surface area contributed by atoms with Crippen molar-refractivity contribution in [2.45, 2.75) is 19.4 Å². The van der Waals surface area contributed by atoms with E-state index in [9.17, 15) is 4.79 Å². The summed E-state index contributed by atoms with van der Waals surface area (Å²) < 4.78 is 0. The van der Waals surface area contributed by atoms with Crippen LogP contribution in [0.3, 0.4) is 0 Å². The number of benzene rings is 1. The highest BCUT2D eigenvalue weighted by atomic mass is 16.4. The number of rotatable bonds is 2. The number of amides is 1. The average molecular weight is 268 g/mol. The van der Waals surface area contributed by atoms with Crippen LogP contribution in [0.4, 0.5) is 4.79 Å². The molecular weight excluding hydrogens is 252 g/mol. The zero-order valence-electron chi connectivity index (χ0n) is 11.1. The zero-order valence-corrected chi connectivity index (χ0v) is 11.1. The van der Waals surface area contributed by atoms with Crippen molar-refractivity contribution >= 4 is 6.09 Å².